The number of hydrogen-bond donors (Lipinski definition) is 2. The van der Waals surface area contributed by atoms with Crippen LogP contribution in [0.4, 0.5) is 11.6 Å². The van der Waals surface area contributed by atoms with Crippen LogP contribution in [0.3, 0.4) is 0 Å². The summed E-state index contributed by atoms with van der Waals surface area (Å²) in [7, 11) is -4.02. The minimum Gasteiger partial charge on any atom is -0.324 e. The Hall–Kier alpha value is -2.68. The van der Waals surface area contributed by atoms with Gasteiger partial charge in [0.1, 0.15) is 0 Å². The van der Waals surface area contributed by atoms with E-state index in [2.05, 4.69) is 25.0 Å². The predicted molar refractivity (Wildman–Crippen MR) is 121 cm³/mol. The Morgan fingerprint density at radius 1 is 0.900 bits per heavy atom. The molecule has 0 aliphatic carbocycles. The van der Waals surface area contributed by atoms with Crippen LogP contribution in [0, 0.1) is 20.8 Å². The van der Waals surface area contributed by atoms with E-state index in [1.807, 2.05) is 20.8 Å². The summed E-state index contributed by atoms with van der Waals surface area (Å²) >= 11 is 12.2. The summed E-state index contributed by atoms with van der Waals surface area (Å²) in [5.74, 6) is 0.0905. The van der Waals surface area contributed by atoms with E-state index in [4.69, 9.17) is 23.2 Å². The molecular weight excluding hydrogens is 445 g/mol. The molecule has 0 spiro atoms. The second-order valence-corrected chi connectivity index (χ2v) is 9.02. The number of guanidine groups is 1. The van der Waals surface area contributed by atoms with Gasteiger partial charge in [-0.15, -0.1) is 4.40 Å². The Morgan fingerprint density at radius 3 is 2.13 bits per heavy atom. The normalized spacial score (nSPS) is 12.0. The van der Waals surface area contributed by atoms with Crippen LogP contribution in [0.2, 0.25) is 10.0 Å². The van der Waals surface area contributed by atoms with Gasteiger partial charge in [-0.1, -0.05) is 40.9 Å². The number of halogens is 2. The average Bonchev–Trinajstić information content (AvgIpc) is 2.63. The molecule has 2 N–H and O–H groups in total. The molecule has 0 fully saturated rings. The fourth-order valence-electron chi connectivity index (χ4n) is 2.57. The topological polar surface area (TPSA) is 96.3 Å². The number of rotatable bonds is 4. The number of nitrogens with zero attached hydrogens (tertiary/aromatic N) is 3. The number of nitrogens with one attached hydrogen (secondary N) is 2. The van der Waals surface area contributed by atoms with Crippen molar-refractivity contribution in [1.82, 2.24) is 9.97 Å². The van der Waals surface area contributed by atoms with E-state index >= 15 is 0 Å². The zero-order chi connectivity index (χ0) is 21.9. The molecule has 156 valence electrons. The van der Waals surface area contributed by atoms with E-state index in [1.165, 1.54) is 18.2 Å². The van der Waals surface area contributed by atoms with Gasteiger partial charge in [0, 0.05) is 16.4 Å². The van der Waals surface area contributed by atoms with Crippen molar-refractivity contribution in [3.8, 4) is 0 Å². The van der Waals surface area contributed by atoms with Crippen LogP contribution in [0.25, 0.3) is 0 Å². The molecule has 2 aromatic carbocycles. The molecule has 1 heterocycles. The molecule has 30 heavy (non-hydrogen) atoms. The lowest BCUT2D eigenvalue weighted by atomic mass is 10.2. The van der Waals surface area contributed by atoms with E-state index in [0.29, 0.717) is 15.7 Å². The summed E-state index contributed by atoms with van der Waals surface area (Å²) in [6.45, 7) is 5.49. The Morgan fingerprint density at radius 2 is 1.53 bits per heavy atom. The largest absolute Gasteiger partial charge is 0.324 e. The molecule has 3 rings (SSSR count). The molecule has 0 saturated carbocycles. The van der Waals surface area contributed by atoms with Gasteiger partial charge in [0.25, 0.3) is 10.0 Å². The monoisotopic (exact) mass is 463 g/mol. The summed E-state index contributed by atoms with van der Waals surface area (Å²) in [4.78, 5) is 8.60. The predicted octanol–water partition coefficient (Wildman–Crippen LogP) is 4.98. The van der Waals surface area contributed by atoms with Crippen LogP contribution >= 0.6 is 23.2 Å². The fraction of sp³-hybridized carbons (Fsp3) is 0.150. The summed E-state index contributed by atoms with van der Waals surface area (Å²) in [6.07, 6.45) is 0. The maximum Gasteiger partial charge on any atom is 0.285 e. The van der Waals surface area contributed by atoms with Crippen molar-refractivity contribution >= 4 is 50.8 Å². The summed E-state index contributed by atoms with van der Waals surface area (Å²) < 4.78 is 29.6. The second kappa shape index (κ2) is 8.99. The summed E-state index contributed by atoms with van der Waals surface area (Å²) in [6, 6.07) is 13.0. The Labute approximate surface area is 185 Å². The van der Waals surface area contributed by atoms with Gasteiger partial charge in [0.2, 0.25) is 11.9 Å². The highest BCUT2D eigenvalue weighted by atomic mass is 35.5. The first kappa shape index (κ1) is 22.0. The summed E-state index contributed by atoms with van der Waals surface area (Å²) in [5, 5.41) is 6.47. The van der Waals surface area contributed by atoms with Crippen LogP contribution in [0.15, 0.2) is 57.8 Å². The van der Waals surface area contributed by atoms with E-state index < -0.39 is 10.0 Å². The van der Waals surface area contributed by atoms with Crippen LogP contribution in [0.1, 0.15) is 17.0 Å². The van der Waals surface area contributed by atoms with Gasteiger partial charge in [-0.3, -0.25) is 5.32 Å². The number of sulfonamides is 1. The van der Waals surface area contributed by atoms with Crippen molar-refractivity contribution in [2.45, 2.75) is 25.7 Å². The lowest BCUT2D eigenvalue weighted by molar-refractivity contribution is 0.598. The van der Waals surface area contributed by atoms with E-state index in [-0.39, 0.29) is 16.8 Å². The molecule has 1 aromatic heterocycles. The number of aryl methyl sites for hydroxylation is 3. The molecular formula is C20H19Cl2N5O2S. The Kier molecular flexibility index (Phi) is 6.60. The quantitative estimate of drug-likeness (QED) is 0.418. The zero-order valence-corrected chi connectivity index (χ0v) is 18.8. The summed E-state index contributed by atoms with van der Waals surface area (Å²) in [5.41, 5.74) is 2.78. The van der Waals surface area contributed by atoms with Crippen molar-refractivity contribution in [2.75, 3.05) is 10.6 Å². The highest BCUT2D eigenvalue weighted by Gasteiger charge is 2.16. The molecule has 0 saturated heterocycles. The van der Waals surface area contributed by atoms with E-state index in [9.17, 15) is 8.42 Å². The molecule has 0 amide bonds. The van der Waals surface area contributed by atoms with Crippen LogP contribution in [-0.4, -0.2) is 24.3 Å². The molecule has 10 heteroatoms. The second-order valence-electron chi connectivity index (χ2n) is 6.58. The number of aromatic nitrogens is 2. The van der Waals surface area contributed by atoms with E-state index in [1.54, 1.807) is 30.3 Å². The molecule has 3 aromatic rings. The van der Waals surface area contributed by atoms with Crippen LogP contribution in [0.5, 0.6) is 0 Å². The minimum atomic E-state index is -4.02. The van der Waals surface area contributed by atoms with Crippen LogP contribution < -0.4 is 10.6 Å². The van der Waals surface area contributed by atoms with Crippen molar-refractivity contribution in [1.29, 1.82) is 0 Å². The average molecular weight is 464 g/mol. The molecule has 0 bridgehead atoms. The first-order valence-corrected chi connectivity index (χ1v) is 11.0. The Bertz CT molecular complexity index is 1190. The molecule has 0 radical (unpaired) electrons. The van der Waals surface area contributed by atoms with Gasteiger partial charge in [-0.25, -0.2) is 9.97 Å². The van der Waals surface area contributed by atoms with Gasteiger partial charge in [-0.2, -0.15) is 8.42 Å². The molecule has 7 nitrogen and oxygen atoms in total. The highest BCUT2D eigenvalue weighted by molar-refractivity contribution is 7.90. The zero-order valence-electron chi connectivity index (χ0n) is 16.4. The highest BCUT2D eigenvalue weighted by Crippen LogP contribution is 2.26. The van der Waals surface area contributed by atoms with Gasteiger partial charge >= 0.3 is 0 Å². The van der Waals surface area contributed by atoms with Crippen molar-refractivity contribution < 1.29 is 8.42 Å². The molecule has 0 unspecified atom stereocenters. The van der Waals surface area contributed by atoms with Gasteiger partial charge < -0.3 is 5.32 Å². The van der Waals surface area contributed by atoms with Gasteiger partial charge in [-0.05, 0) is 57.2 Å². The number of anilines is 2. The van der Waals surface area contributed by atoms with Crippen molar-refractivity contribution in [3.05, 3.63) is 75.5 Å². The Balaban J connectivity index is 2.03. The SMILES string of the molecule is Cc1ccc(S(=O)(=O)/N=C(\Nc2nc(C)cc(C)n2)Nc2ccc(Cl)cc2Cl)cc1. The van der Waals surface area contributed by atoms with Gasteiger partial charge in [0.05, 0.1) is 15.6 Å². The molecule has 0 atom stereocenters. The third kappa shape index (κ3) is 5.69. The first-order chi connectivity index (χ1) is 14.1. The minimum absolute atomic E-state index is 0.0535. The first-order valence-electron chi connectivity index (χ1n) is 8.85. The van der Waals surface area contributed by atoms with Crippen molar-refractivity contribution in [2.24, 2.45) is 4.40 Å². The lowest BCUT2D eigenvalue weighted by Gasteiger charge is -2.13. The van der Waals surface area contributed by atoms with Crippen molar-refractivity contribution in [3.63, 3.8) is 0 Å². The smallest absolute Gasteiger partial charge is 0.285 e. The maximum absolute atomic E-state index is 12.8. The standard InChI is InChI=1S/C20H19Cl2N5O2S/c1-12-4-7-16(8-5-12)30(28,29)27-20(25-18-9-6-15(21)11-17(18)22)26-19-23-13(2)10-14(3)24-19/h4-11H,1-3H3,(H2,23,24,25,26,27). The third-order valence-electron chi connectivity index (χ3n) is 3.93. The fourth-order valence-corrected chi connectivity index (χ4v) is 3.94. The van der Waals surface area contributed by atoms with Gasteiger partial charge in [0.15, 0.2) is 0 Å². The number of benzene rings is 2. The van der Waals surface area contributed by atoms with E-state index in [0.717, 1.165) is 17.0 Å². The van der Waals surface area contributed by atoms with Crippen LogP contribution in [-0.2, 0) is 10.0 Å². The maximum atomic E-state index is 12.8. The molecule has 0 aliphatic rings. The number of hydrogen-bond acceptors (Lipinski definition) is 4. The third-order valence-corrected chi connectivity index (χ3v) is 5.77. The molecule has 0 aliphatic heterocycles. The lowest BCUT2D eigenvalue weighted by Crippen LogP contribution is -2.25.